The third kappa shape index (κ3) is 4.90. The molecule has 0 saturated heterocycles. The number of rotatable bonds is 7. The predicted octanol–water partition coefficient (Wildman–Crippen LogP) is 5.00. The minimum Gasteiger partial charge on any atom is -0.457 e. The van der Waals surface area contributed by atoms with Gasteiger partial charge in [-0.25, -0.2) is 0 Å². The van der Waals surface area contributed by atoms with Gasteiger partial charge in [0.1, 0.15) is 18.1 Å². The highest BCUT2D eigenvalue weighted by atomic mass is 79.9. The van der Waals surface area contributed by atoms with E-state index in [0.29, 0.717) is 11.9 Å². The molecule has 0 N–H and O–H groups in total. The van der Waals surface area contributed by atoms with Crippen LogP contribution in [0.25, 0.3) is 0 Å². The molecular formula is C17H18BrNO2. The molecule has 0 aliphatic carbocycles. The number of hydrogen-bond donors (Lipinski definition) is 0. The van der Waals surface area contributed by atoms with Crippen molar-refractivity contribution in [3.8, 4) is 11.5 Å². The summed E-state index contributed by atoms with van der Waals surface area (Å²) in [4.78, 5) is 5.27. The van der Waals surface area contributed by atoms with Crippen LogP contribution in [-0.4, -0.2) is 17.6 Å². The zero-order valence-corrected chi connectivity index (χ0v) is 13.5. The summed E-state index contributed by atoms with van der Waals surface area (Å²) in [5, 5.41) is 4.80. The molecule has 0 spiro atoms. The number of para-hydroxylation sites is 1. The maximum Gasteiger partial charge on any atom is 0.128 e. The molecule has 0 saturated carbocycles. The maximum atomic E-state index is 5.83. The molecule has 0 bridgehead atoms. The van der Waals surface area contributed by atoms with Gasteiger partial charge in [0.05, 0.1) is 5.71 Å². The molecule has 2 aromatic carbocycles. The molecule has 2 rings (SSSR count). The topological polar surface area (TPSA) is 30.8 Å². The summed E-state index contributed by atoms with van der Waals surface area (Å²) in [5.74, 6) is 1.59. The van der Waals surface area contributed by atoms with Crippen molar-refractivity contribution in [3.63, 3.8) is 0 Å². The Labute approximate surface area is 133 Å². The van der Waals surface area contributed by atoms with Crippen molar-refractivity contribution >= 4 is 21.6 Å². The summed E-state index contributed by atoms with van der Waals surface area (Å²) in [6.45, 7) is 2.67. The molecule has 0 radical (unpaired) electrons. The van der Waals surface area contributed by atoms with Gasteiger partial charge in [-0.3, -0.25) is 0 Å². The molecule has 0 aliphatic rings. The van der Waals surface area contributed by atoms with Gasteiger partial charge >= 0.3 is 0 Å². The molecule has 3 nitrogen and oxygen atoms in total. The summed E-state index contributed by atoms with van der Waals surface area (Å²) >= 11 is 3.44. The Bertz CT molecular complexity index is 584. The molecule has 0 fully saturated rings. The van der Waals surface area contributed by atoms with E-state index in [-0.39, 0.29) is 0 Å². The summed E-state index contributed by atoms with van der Waals surface area (Å²) in [6, 6.07) is 17.5. The van der Waals surface area contributed by atoms with E-state index in [2.05, 4.69) is 28.0 Å². The van der Waals surface area contributed by atoms with Crippen LogP contribution in [0.15, 0.2) is 59.8 Å². The van der Waals surface area contributed by atoms with E-state index >= 15 is 0 Å². The lowest BCUT2D eigenvalue weighted by atomic mass is 10.1. The Morgan fingerprint density at radius 1 is 1.05 bits per heavy atom. The quantitative estimate of drug-likeness (QED) is 0.305. The van der Waals surface area contributed by atoms with Crippen LogP contribution in [0.4, 0.5) is 0 Å². The Hall–Kier alpha value is -1.81. The number of alkyl halides is 1. The van der Waals surface area contributed by atoms with Crippen LogP contribution in [0.5, 0.6) is 11.5 Å². The highest BCUT2D eigenvalue weighted by Crippen LogP contribution is 2.22. The van der Waals surface area contributed by atoms with Crippen molar-refractivity contribution in [1.82, 2.24) is 0 Å². The van der Waals surface area contributed by atoms with Gasteiger partial charge in [-0.1, -0.05) is 58.3 Å². The van der Waals surface area contributed by atoms with Crippen LogP contribution in [0, 0.1) is 0 Å². The van der Waals surface area contributed by atoms with E-state index < -0.39 is 0 Å². The highest BCUT2D eigenvalue weighted by molar-refractivity contribution is 9.09. The summed E-state index contributed by atoms with van der Waals surface area (Å²) in [7, 11) is 0. The number of hydrogen-bond acceptors (Lipinski definition) is 3. The van der Waals surface area contributed by atoms with Crippen molar-refractivity contribution < 1.29 is 9.57 Å². The van der Waals surface area contributed by atoms with Crippen LogP contribution in [0.3, 0.4) is 0 Å². The van der Waals surface area contributed by atoms with Gasteiger partial charge in [0.15, 0.2) is 0 Å². The third-order valence-electron chi connectivity index (χ3n) is 2.74. The van der Waals surface area contributed by atoms with Gasteiger partial charge in [0.2, 0.25) is 0 Å². The van der Waals surface area contributed by atoms with Crippen LogP contribution in [0.2, 0.25) is 0 Å². The normalized spacial score (nSPS) is 11.2. The van der Waals surface area contributed by atoms with Gasteiger partial charge in [-0.2, -0.15) is 0 Å². The van der Waals surface area contributed by atoms with Crippen molar-refractivity contribution in [1.29, 1.82) is 0 Å². The molecule has 4 heteroatoms. The molecule has 110 valence electrons. The van der Waals surface area contributed by atoms with E-state index in [1.54, 1.807) is 0 Å². The molecule has 0 unspecified atom stereocenters. The number of halogens is 1. The number of benzene rings is 2. The minimum atomic E-state index is 0.622. The van der Waals surface area contributed by atoms with E-state index in [1.165, 1.54) is 0 Å². The zero-order chi connectivity index (χ0) is 14.9. The van der Waals surface area contributed by atoms with Crippen molar-refractivity contribution in [2.45, 2.75) is 13.3 Å². The highest BCUT2D eigenvalue weighted by Gasteiger charge is 2.05. The Balaban J connectivity index is 2.14. The first-order valence-electron chi connectivity index (χ1n) is 6.91. The van der Waals surface area contributed by atoms with E-state index in [1.807, 2.05) is 54.6 Å². The first kappa shape index (κ1) is 15.6. The summed E-state index contributed by atoms with van der Waals surface area (Å²) < 4.78 is 5.83. The summed E-state index contributed by atoms with van der Waals surface area (Å²) in [6.07, 6.45) is 0.941. The number of nitrogens with zero attached hydrogens (tertiary/aromatic N) is 1. The molecule has 2 aromatic rings. The average molecular weight is 348 g/mol. The van der Waals surface area contributed by atoms with Crippen molar-refractivity contribution in [3.05, 3.63) is 60.2 Å². The first-order chi connectivity index (χ1) is 10.3. The van der Waals surface area contributed by atoms with Crippen LogP contribution < -0.4 is 4.74 Å². The molecule has 0 atom stereocenters. The second-order valence-electron chi connectivity index (χ2n) is 4.45. The van der Waals surface area contributed by atoms with E-state index in [9.17, 15) is 0 Å². The monoisotopic (exact) mass is 347 g/mol. The minimum absolute atomic E-state index is 0.622. The van der Waals surface area contributed by atoms with Gasteiger partial charge in [-0.05, 0) is 30.7 Å². The maximum absolute atomic E-state index is 5.83. The molecule has 0 amide bonds. The summed E-state index contributed by atoms with van der Waals surface area (Å²) in [5.41, 5.74) is 1.83. The fraction of sp³-hybridized carbons (Fsp3) is 0.235. The fourth-order valence-electron chi connectivity index (χ4n) is 1.73. The number of ether oxygens (including phenoxy) is 1. The van der Waals surface area contributed by atoms with Crippen LogP contribution in [0.1, 0.15) is 18.9 Å². The molecule has 0 aromatic heterocycles. The zero-order valence-electron chi connectivity index (χ0n) is 12.0. The molecular weight excluding hydrogens is 330 g/mol. The smallest absolute Gasteiger partial charge is 0.128 e. The number of oxime groups is 1. The van der Waals surface area contributed by atoms with Crippen LogP contribution >= 0.6 is 15.9 Å². The lowest BCUT2D eigenvalue weighted by Gasteiger charge is -2.08. The Kier molecular flexibility index (Phi) is 6.28. The lowest BCUT2D eigenvalue weighted by molar-refractivity contribution is 0.145. The molecule has 0 aliphatic heterocycles. The fourth-order valence-corrected chi connectivity index (χ4v) is 2.16. The first-order valence-corrected chi connectivity index (χ1v) is 8.03. The third-order valence-corrected chi connectivity index (χ3v) is 3.27. The second kappa shape index (κ2) is 8.47. The van der Waals surface area contributed by atoms with Gasteiger partial charge in [0, 0.05) is 10.9 Å². The largest absolute Gasteiger partial charge is 0.457 e. The predicted molar refractivity (Wildman–Crippen MR) is 89.5 cm³/mol. The second-order valence-corrected chi connectivity index (χ2v) is 5.01. The van der Waals surface area contributed by atoms with Gasteiger partial charge < -0.3 is 9.57 Å². The van der Waals surface area contributed by atoms with Gasteiger partial charge in [0.25, 0.3) is 0 Å². The van der Waals surface area contributed by atoms with Crippen molar-refractivity contribution in [2.24, 2.45) is 5.16 Å². The van der Waals surface area contributed by atoms with E-state index in [4.69, 9.17) is 9.57 Å². The lowest BCUT2D eigenvalue weighted by Crippen LogP contribution is -2.04. The SMILES string of the molecule is CCCON=C(CBr)c1cccc(Oc2ccccc2)c1. The Morgan fingerprint density at radius 3 is 2.52 bits per heavy atom. The average Bonchev–Trinajstić information content (AvgIpc) is 2.53. The van der Waals surface area contributed by atoms with Crippen molar-refractivity contribution in [2.75, 3.05) is 11.9 Å². The Morgan fingerprint density at radius 2 is 1.81 bits per heavy atom. The molecule has 0 heterocycles. The van der Waals surface area contributed by atoms with Crippen LogP contribution in [-0.2, 0) is 4.84 Å². The molecule has 21 heavy (non-hydrogen) atoms. The standard InChI is InChI=1S/C17H18BrNO2/c1-2-11-20-19-17(13-18)14-7-6-10-16(12-14)21-15-8-4-3-5-9-15/h3-10,12H,2,11,13H2,1H3. The van der Waals surface area contributed by atoms with Gasteiger partial charge in [-0.15, -0.1) is 0 Å². The van der Waals surface area contributed by atoms with E-state index in [0.717, 1.165) is 29.2 Å².